The largest absolute Gasteiger partial charge is 0.472 e. The van der Waals surface area contributed by atoms with Gasteiger partial charge in [0.05, 0.1) is 33.9 Å². The van der Waals surface area contributed by atoms with Crippen molar-refractivity contribution < 1.29 is 47.2 Å². The summed E-state index contributed by atoms with van der Waals surface area (Å²) < 4.78 is 34.3. The van der Waals surface area contributed by atoms with E-state index in [0.717, 1.165) is 70.6 Å². The summed E-state index contributed by atoms with van der Waals surface area (Å²) in [6.45, 7) is 4.15. The zero-order valence-corrected chi connectivity index (χ0v) is 40.1. The van der Waals surface area contributed by atoms with E-state index >= 15 is 0 Å². The Morgan fingerprint density at radius 1 is 0.574 bits per heavy atom. The van der Waals surface area contributed by atoms with Gasteiger partial charge < -0.3 is 24.0 Å². The Balaban J connectivity index is 4.44. The predicted octanol–water partition coefficient (Wildman–Crippen LogP) is 12.8. The molecule has 0 aromatic carbocycles. The first kappa shape index (κ1) is 58.4. The zero-order chi connectivity index (χ0) is 45.1. The van der Waals surface area contributed by atoms with Crippen molar-refractivity contribution in [3.05, 3.63) is 72.9 Å². The van der Waals surface area contributed by atoms with Crippen LogP contribution in [0.25, 0.3) is 0 Å². The number of esters is 2. The molecule has 0 aliphatic carbocycles. The van der Waals surface area contributed by atoms with Gasteiger partial charge in [-0.1, -0.05) is 157 Å². The lowest BCUT2D eigenvalue weighted by molar-refractivity contribution is -0.870. The van der Waals surface area contributed by atoms with Gasteiger partial charge in [-0.25, -0.2) is 4.57 Å². The summed E-state index contributed by atoms with van der Waals surface area (Å²) in [5.74, 6) is -0.896. The van der Waals surface area contributed by atoms with Crippen molar-refractivity contribution in [1.29, 1.82) is 0 Å². The fourth-order valence-electron chi connectivity index (χ4n) is 6.00. The van der Waals surface area contributed by atoms with Crippen molar-refractivity contribution in [2.45, 2.75) is 187 Å². The molecule has 0 aliphatic heterocycles. The molecule has 0 saturated carbocycles. The van der Waals surface area contributed by atoms with E-state index in [0.29, 0.717) is 30.3 Å². The van der Waals surface area contributed by atoms with Crippen LogP contribution >= 0.6 is 7.82 Å². The summed E-state index contributed by atoms with van der Waals surface area (Å²) in [5, 5.41) is 9.83. The molecule has 0 amide bonds. The van der Waals surface area contributed by atoms with Gasteiger partial charge in [0.25, 0.3) is 0 Å². The number of nitrogens with zero attached hydrogens (tertiary/aromatic N) is 1. The van der Waals surface area contributed by atoms with E-state index in [1.54, 1.807) is 0 Å². The third kappa shape index (κ3) is 45.3. The molecule has 11 heteroatoms. The number of hydrogen-bond acceptors (Lipinski definition) is 8. The summed E-state index contributed by atoms with van der Waals surface area (Å²) in [4.78, 5) is 35.4. The lowest BCUT2D eigenvalue weighted by atomic mass is 10.1. The zero-order valence-electron chi connectivity index (χ0n) is 39.2. The Labute approximate surface area is 372 Å². The number of phosphoric acid groups is 1. The number of carbonyl (C=O) groups excluding carboxylic acids is 2. The highest BCUT2D eigenvalue weighted by Gasteiger charge is 2.27. The van der Waals surface area contributed by atoms with E-state index in [-0.39, 0.29) is 32.2 Å². The van der Waals surface area contributed by atoms with Crippen LogP contribution in [0, 0.1) is 0 Å². The number of phosphoric ester groups is 1. The molecule has 0 heterocycles. The number of aliphatic hydroxyl groups excluding tert-OH is 1. The van der Waals surface area contributed by atoms with Gasteiger partial charge in [0, 0.05) is 12.8 Å². The van der Waals surface area contributed by atoms with Gasteiger partial charge in [0.15, 0.2) is 6.10 Å². The minimum atomic E-state index is -4.40. The molecule has 61 heavy (non-hydrogen) atoms. The SMILES string of the molecule is CCCCC/C=C\C/C=C\CCCCCCCCCCCC(=O)O[C@H](COC(=O)CCC/C=C\C/C=C\C/C=C\C/C=C\[C@@H](O)CCCC)COP(=O)(O)OCC[N+](C)(C)C. The predicted molar refractivity (Wildman–Crippen MR) is 253 cm³/mol. The van der Waals surface area contributed by atoms with Gasteiger partial charge in [-0.05, 0) is 77.0 Å². The second kappa shape index (κ2) is 41.4. The average Bonchev–Trinajstić information content (AvgIpc) is 3.21. The second-order valence-electron chi connectivity index (χ2n) is 17.0. The molecule has 3 atom stereocenters. The Bertz CT molecular complexity index is 1280. The van der Waals surface area contributed by atoms with Crippen LogP contribution in [0.1, 0.15) is 174 Å². The van der Waals surface area contributed by atoms with E-state index in [2.05, 4.69) is 68.5 Å². The van der Waals surface area contributed by atoms with E-state index < -0.39 is 32.5 Å². The molecule has 0 bridgehead atoms. The maximum Gasteiger partial charge on any atom is 0.472 e. The molecule has 1 unspecified atom stereocenters. The Morgan fingerprint density at radius 2 is 1.05 bits per heavy atom. The number of likely N-dealkylation sites (N-methyl/N-ethyl adjacent to an activating group) is 1. The van der Waals surface area contributed by atoms with Crippen LogP contribution in [0.4, 0.5) is 0 Å². The Hall–Kier alpha value is -2.59. The van der Waals surface area contributed by atoms with Gasteiger partial charge in [0.2, 0.25) is 0 Å². The number of unbranched alkanes of at least 4 members (excludes halogenated alkanes) is 14. The molecule has 0 saturated heterocycles. The fraction of sp³-hybridized carbons (Fsp3) is 0.720. The molecule has 2 N–H and O–H groups in total. The van der Waals surface area contributed by atoms with Crippen molar-refractivity contribution in [2.24, 2.45) is 0 Å². The topological polar surface area (TPSA) is 129 Å². The van der Waals surface area contributed by atoms with Crippen LogP contribution in [0.3, 0.4) is 0 Å². The quantitative estimate of drug-likeness (QED) is 0.0202. The van der Waals surface area contributed by atoms with Crippen LogP contribution in [-0.4, -0.2) is 86.1 Å². The maximum absolute atomic E-state index is 12.7. The molecule has 352 valence electrons. The van der Waals surface area contributed by atoms with Crippen LogP contribution in [-0.2, 0) is 32.7 Å². The molecule has 0 spiro atoms. The number of carbonyl (C=O) groups is 2. The Kier molecular flexibility index (Phi) is 39.7. The highest BCUT2D eigenvalue weighted by molar-refractivity contribution is 7.47. The summed E-state index contributed by atoms with van der Waals surface area (Å²) in [6.07, 6.45) is 48.6. The monoisotopic (exact) mass is 879 g/mol. The average molecular weight is 879 g/mol. The van der Waals surface area contributed by atoms with E-state index in [1.165, 1.54) is 57.8 Å². The van der Waals surface area contributed by atoms with Gasteiger partial charge >= 0.3 is 19.8 Å². The van der Waals surface area contributed by atoms with Crippen LogP contribution in [0.2, 0.25) is 0 Å². The van der Waals surface area contributed by atoms with Crippen molar-refractivity contribution in [2.75, 3.05) is 47.5 Å². The fourth-order valence-corrected chi connectivity index (χ4v) is 6.74. The molecule has 10 nitrogen and oxygen atoms in total. The van der Waals surface area contributed by atoms with Gasteiger partial charge in [-0.2, -0.15) is 0 Å². The summed E-state index contributed by atoms with van der Waals surface area (Å²) >= 11 is 0. The number of rotatable bonds is 42. The first-order valence-corrected chi connectivity index (χ1v) is 25.2. The smallest absolute Gasteiger partial charge is 0.462 e. The minimum Gasteiger partial charge on any atom is -0.462 e. The van der Waals surface area contributed by atoms with Crippen molar-refractivity contribution in [1.82, 2.24) is 0 Å². The van der Waals surface area contributed by atoms with E-state index in [4.69, 9.17) is 18.5 Å². The molecule has 0 radical (unpaired) electrons. The number of allylic oxidation sites excluding steroid dienone is 11. The van der Waals surface area contributed by atoms with E-state index in [9.17, 15) is 24.2 Å². The molecule has 0 fully saturated rings. The standard InChI is InChI=1S/C50H88NO9P/c1-6-8-10-11-12-13-14-15-16-17-18-19-20-21-26-29-32-35-38-42-50(54)60-48(46-59-61(55,56)58-44-43-51(3,4)5)45-57-49(53)41-37-34-31-28-25-23-22-24-27-30-33-36-40-47(52)39-9-7-2/h12-13,15-16,22-23,27-28,30-31,36,40,47-48,52H,6-11,14,17-21,24-26,29,32-35,37-39,41-46H2,1-5H3/p+1/b13-12-,16-15-,23-22-,30-27-,31-28-,40-36-/t47-,48+/m0/s1. The van der Waals surface area contributed by atoms with Crippen LogP contribution in [0.5, 0.6) is 0 Å². The summed E-state index contributed by atoms with van der Waals surface area (Å²) in [5.41, 5.74) is 0. The molecule has 0 rings (SSSR count). The number of quaternary nitrogens is 1. The Morgan fingerprint density at radius 3 is 1.61 bits per heavy atom. The number of aliphatic hydroxyl groups is 1. The van der Waals surface area contributed by atoms with Gasteiger partial charge in [-0.3, -0.25) is 18.6 Å². The number of hydrogen-bond donors (Lipinski definition) is 2. The molecule has 0 aliphatic rings. The van der Waals surface area contributed by atoms with Crippen LogP contribution < -0.4 is 0 Å². The lowest BCUT2D eigenvalue weighted by Crippen LogP contribution is -2.37. The molecular formula is C50H89NO9P+. The first-order chi connectivity index (χ1) is 29.4. The normalized spacial score (nSPS) is 14.7. The maximum atomic E-state index is 12.7. The highest BCUT2D eigenvalue weighted by Crippen LogP contribution is 2.43. The first-order valence-electron chi connectivity index (χ1n) is 23.8. The van der Waals surface area contributed by atoms with Crippen molar-refractivity contribution in [3.8, 4) is 0 Å². The molecule has 0 aromatic heterocycles. The van der Waals surface area contributed by atoms with Gasteiger partial charge in [-0.15, -0.1) is 0 Å². The molecule has 0 aromatic rings. The lowest BCUT2D eigenvalue weighted by Gasteiger charge is -2.24. The number of ether oxygens (including phenoxy) is 2. The van der Waals surface area contributed by atoms with Crippen LogP contribution in [0.15, 0.2) is 72.9 Å². The van der Waals surface area contributed by atoms with Crippen molar-refractivity contribution >= 4 is 19.8 Å². The summed E-state index contributed by atoms with van der Waals surface area (Å²) in [6, 6.07) is 0. The highest BCUT2D eigenvalue weighted by atomic mass is 31.2. The second-order valence-corrected chi connectivity index (χ2v) is 18.4. The summed E-state index contributed by atoms with van der Waals surface area (Å²) in [7, 11) is 1.41. The third-order valence-electron chi connectivity index (χ3n) is 9.78. The minimum absolute atomic E-state index is 0.0123. The van der Waals surface area contributed by atoms with Crippen molar-refractivity contribution in [3.63, 3.8) is 0 Å². The van der Waals surface area contributed by atoms with E-state index in [1.807, 2.05) is 39.4 Å². The third-order valence-corrected chi connectivity index (χ3v) is 10.8. The van der Waals surface area contributed by atoms with Gasteiger partial charge in [0.1, 0.15) is 19.8 Å². The molecular weight excluding hydrogens is 790 g/mol.